The lowest BCUT2D eigenvalue weighted by atomic mass is 9.76. The number of hydrogen-bond donors (Lipinski definition) is 1. The van der Waals surface area contributed by atoms with Gasteiger partial charge < -0.3 is 15.0 Å². The van der Waals surface area contributed by atoms with Crippen molar-refractivity contribution in [3.8, 4) is 0 Å². The molecule has 170 valence electrons. The highest BCUT2D eigenvalue weighted by molar-refractivity contribution is 6.30. The number of nitrogens with one attached hydrogen (secondary N) is 1. The van der Waals surface area contributed by atoms with Crippen LogP contribution in [0, 0.1) is 5.41 Å². The summed E-state index contributed by atoms with van der Waals surface area (Å²) in [6, 6.07) is 17.3. The maximum absolute atomic E-state index is 13.2. The van der Waals surface area contributed by atoms with E-state index in [1.54, 1.807) is 18.5 Å². The quantitative estimate of drug-likeness (QED) is 0.569. The monoisotopic (exact) mass is 462 g/mol. The van der Waals surface area contributed by atoms with Gasteiger partial charge in [-0.3, -0.25) is 4.79 Å². The van der Waals surface area contributed by atoms with E-state index in [-0.39, 0.29) is 17.4 Å². The van der Waals surface area contributed by atoms with Crippen molar-refractivity contribution in [2.24, 2.45) is 5.41 Å². The molecule has 2 fully saturated rings. The number of aromatic nitrogens is 2. The van der Waals surface area contributed by atoms with Gasteiger partial charge in [-0.2, -0.15) is 0 Å². The smallest absolute Gasteiger partial charge is 0.253 e. The van der Waals surface area contributed by atoms with Gasteiger partial charge in [0.15, 0.2) is 0 Å². The third kappa shape index (κ3) is 5.18. The van der Waals surface area contributed by atoms with Gasteiger partial charge in [0.05, 0.1) is 12.7 Å². The first kappa shape index (κ1) is 21.9. The van der Waals surface area contributed by atoms with Crippen LogP contribution >= 0.6 is 11.6 Å². The van der Waals surface area contributed by atoms with Crippen LogP contribution in [-0.4, -0.2) is 46.6 Å². The minimum absolute atomic E-state index is 0.0665. The first-order chi connectivity index (χ1) is 16.1. The van der Waals surface area contributed by atoms with E-state index in [4.69, 9.17) is 16.3 Å². The fourth-order valence-electron chi connectivity index (χ4n) is 4.89. The molecule has 1 atom stereocenters. The van der Waals surface area contributed by atoms with Gasteiger partial charge in [-0.25, -0.2) is 9.97 Å². The van der Waals surface area contributed by atoms with Gasteiger partial charge in [0.25, 0.3) is 5.91 Å². The van der Waals surface area contributed by atoms with Crippen LogP contribution < -0.4 is 5.32 Å². The molecule has 0 saturated carbocycles. The maximum Gasteiger partial charge on any atom is 0.253 e. The molecule has 1 amide bonds. The fraction of sp³-hybridized carbons (Fsp3) is 0.346. The van der Waals surface area contributed by atoms with Gasteiger partial charge in [0, 0.05) is 41.8 Å². The third-order valence-electron chi connectivity index (χ3n) is 6.68. The molecule has 3 aromatic rings. The predicted molar refractivity (Wildman–Crippen MR) is 129 cm³/mol. The van der Waals surface area contributed by atoms with E-state index >= 15 is 0 Å². The normalized spacial score (nSPS) is 19.5. The maximum atomic E-state index is 13.2. The summed E-state index contributed by atoms with van der Waals surface area (Å²) in [6.07, 6.45) is 7.45. The van der Waals surface area contributed by atoms with Crippen LogP contribution in [0.1, 0.15) is 35.2 Å². The SMILES string of the molecule is O=C(c1cccc(Nc2ncccn2)c1)N1CCC2(CC1)COC(Cc1cccc(Cl)c1)C2. The number of hydrogen-bond acceptors (Lipinski definition) is 5. The number of piperidine rings is 1. The van der Waals surface area contributed by atoms with Crippen LogP contribution in [0.2, 0.25) is 5.02 Å². The molecule has 1 N–H and O–H groups in total. The summed E-state index contributed by atoms with van der Waals surface area (Å²) in [7, 11) is 0. The van der Waals surface area contributed by atoms with Crippen molar-refractivity contribution in [3.05, 3.63) is 83.1 Å². The first-order valence-electron chi connectivity index (χ1n) is 11.4. The number of likely N-dealkylation sites (tertiary alicyclic amines) is 1. The zero-order valence-corrected chi connectivity index (χ0v) is 19.2. The molecular weight excluding hydrogens is 436 g/mol. The fourth-order valence-corrected chi connectivity index (χ4v) is 5.10. The molecule has 6 nitrogen and oxygen atoms in total. The van der Waals surface area contributed by atoms with Crippen molar-refractivity contribution in [1.29, 1.82) is 0 Å². The Labute approximate surface area is 199 Å². The number of carbonyl (C=O) groups excluding carboxylic acids is 1. The van der Waals surface area contributed by atoms with Crippen LogP contribution in [0.5, 0.6) is 0 Å². The van der Waals surface area contributed by atoms with E-state index in [1.165, 1.54) is 5.56 Å². The van der Waals surface area contributed by atoms with Crippen molar-refractivity contribution in [3.63, 3.8) is 0 Å². The number of halogens is 1. The molecule has 1 aromatic heterocycles. The van der Waals surface area contributed by atoms with E-state index < -0.39 is 0 Å². The summed E-state index contributed by atoms with van der Waals surface area (Å²) < 4.78 is 6.18. The van der Waals surface area contributed by atoms with Crippen molar-refractivity contribution in [2.45, 2.75) is 31.8 Å². The lowest BCUT2D eigenvalue weighted by Gasteiger charge is -2.38. The minimum atomic E-state index is 0.0665. The highest BCUT2D eigenvalue weighted by atomic mass is 35.5. The van der Waals surface area contributed by atoms with E-state index in [1.807, 2.05) is 47.4 Å². The standard InChI is InChI=1S/C26H27ClN4O2/c27-21-6-1-4-19(14-21)15-23-17-26(18-33-23)8-12-31(13-9-26)24(32)20-5-2-7-22(16-20)30-25-28-10-3-11-29-25/h1-7,10-11,14,16,23H,8-9,12-13,15,17-18H2,(H,28,29,30). The van der Waals surface area contributed by atoms with Gasteiger partial charge in [-0.05, 0) is 73.1 Å². The van der Waals surface area contributed by atoms with E-state index in [9.17, 15) is 4.79 Å². The molecule has 2 aliphatic rings. The lowest BCUT2D eigenvalue weighted by molar-refractivity contribution is 0.0496. The second-order valence-corrected chi connectivity index (χ2v) is 9.48. The van der Waals surface area contributed by atoms with Crippen molar-refractivity contribution in [1.82, 2.24) is 14.9 Å². The second-order valence-electron chi connectivity index (χ2n) is 9.04. The Morgan fingerprint density at radius 2 is 1.88 bits per heavy atom. The molecule has 0 aliphatic carbocycles. The zero-order chi connectivity index (χ0) is 22.7. The third-order valence-corrected chi connectivity index (χ3v) is 6.92. The number of amides is 1. The van der Waals surface area contributed by atoms with Crippen LogP contribution in [0.3, 0.4) is 0 Å². The molecule has 0 radical (unpaired) electrons. The number of anilines is 2. The van der Waals surface area contributed by atoms with Gasteiger partial charge >= 0.3 is 0 Å². The molecule has 5 rings (SSSR count). The van der Waals surface area contributed by atoms with Crippen LogP contribution in [-0.2, 0) is 11.2 Å². The average molecular weight is 463 g/mol. The molecule has 33 heavy (non-hydrogen) atoms. The van der Waals surface area contributed by atoms with E-state index in [0.29, 0.717) is 11.5 Å². The number of carbonyl (C=O) groups is 1. The van der Waals surface area contributed by atoms with Crippen molar-refractivity contribution in [2.75, 3.05) is 25.0 Å². The second kappa shape index (κ2) is 9.49. The molecule has 2 aliphatic heterocycles. The average Bonchev–Trinajstić information content (AvgIpc) is 3.21. The Kier molecular flexibility index (Phi) is 6.29. The minimum Gasteiger partial charge on any atom is -0.377 e. The zero-order valence-electron chi connectivity index (χ0n) is 18.4. The Hall–Kier alpha value is -2.96. The Morgan fingerprint density at radius 3 is 2.67 bits per heavy atom. The van der Waals surface area contributed by atoms with Crippen molar-refractivity contribution < 1.29 is 9.53 Å². The number of ether oxygens (including phenoxy) is 1. The van der Waals surface area contributed by atoms with Crippen LogP contribution in [0.25, 0.3) is 0 Å². The molecule has 2 aromatic carbocycles. The van der Waals surface area contributed by atoms with E-state index in [2.05, 4.69) is 21.4 Å². The van der Waals surface area contributed by atoms with Gasteiger partial charge in [-0.15, -0.1) is 0 Å². The summed E-state index contributed by atoms with van der Waals surface area (Å²) in [5.41, 5.74) is 2.86. The predicted octanol–water partition coefficient (Wildman–Crippen LogP) is 5.13. The Morgan fingerprint density at radius 1 is 1.09 bits per heavy atom. The Bertz CT molecular complexity index is 1120. The molecule has 3 heterocycles. The van der Waals surface area contributed by atoms with Crippen LogP contribution in [0.4, 0.5) is 11.6 Å². The number of benzene rings is 2. The summed E-state index contributed by atoms with van der Waals surface area (Å²) >= 11 is 6.13. The number of nitrogens with zero attached hydrogens (tertiary/aromatic N) is 3. The highest BCUT2D eigenvalue weighted by Crippen LogP contribution is 2.43. The lowest BCUT2D eigenvalue weighted by Crippen LogP contribution is -2.43. The molecule has 1 unspecified atom stereocenters. The van der Waals surface area contributed by atoms with Crippen molar-refractivity contribution >= 4 is 29.1 Å². The largest absolute Gasteiger partial charge is 0.377 e. The molecular formula is C26H27ClN4O2. The number of rotatable bonds is 5. The topological polar surface area (TPSA) is 67.4 Å². The summed E-state index contributed by atoms with van der Waals surface area (Å²) in [5.74, 6) is 0.576. The Balaban J connectivity index is 1.17. The summed E-state index contributed by atoms with van der Waals surface area (Å²) in [4.78, 5) is 23.5. The van der Waals surface area contributed by atoms with E-state index in [0.717, 1.165) is 56.1 Å². The van der Waals surface area contributed by atoms with Gasteiger partial charge in [0.2, 0.25) is 5.95 Å². The van der Waals surface area contributed by atoms with Crippen LogP contribution in [0.15, 0.2) is 67.0 Å². The summed E-state index contributed by atoms with van der Waals surface area (Å²) in [5, 5.41) is 3.92. The highest BCUT2D eigenvalue weighted by Gasteiger charge is 2.43. The summed E-state index contributed by atoms with van der Waals surface area (Å²) in [6.45, 7) is 2.29. The van der Waals surface area contributed by atoms with Gasteiger partial charge in [0.1, 0.15) is 0 Å². The molecule has 0 bridgehead atoms. The molecule has 7 heteroatoms. The van der Waals surface area contributed by atoms with Gasteiger partial charge in [-0.1, -0.05) is 29.8 Å². The first-order valence-corrected chi connectivity index (χ1v) is 11.8. The molecule has 2 saturated heterocycles. The molecule has 1 spiro atoms.